The molecule has 0 saturated carbocycles. The predicted molar refractivity (Wildman–Crippen MR) is 139 cm³/mol. The van der Waals surface area contributed by atoms with Crippen molar-refractivity contribution >= 4 is 33.5 Å². The minimum atomic E-state index is -0.404. The normalized spacial score (nSPS) is 11.0. The molecule has 0 amide bonds. The number of rotatable bonds is 9. The molecule has 0 bridgehead atoms. The highest BCUT2D eigenvalue weighted by atomic mass is 32.1. The van der Waals surface area contributed by atoms with Gasteiger partial charge in [0.25, 0.3) is 0 Å². The first kappa shape index (κ1) is 24.2. The zero-order valence-corrected chi connectivity index (χ0v) is 20.8. The maximum atomic E-state index is 11.7. The summed E-state index contributed by atoms with van der Waals surface area (Å²) in [5, 5.41) is 0.979. The zero-order chi connectivity index (χ0) is 24.8. The SMILES string of the molecule is CCOC(=O)/C=C/c1ccc(Oc2c(-c3ccc(OC)cc3)sc3cc(OC)ccc23)cc1OC. The summed E-state index contributed by atoms with van der Waals surface area (Å²) < 4.78 is 28.7. The third-order valence-corrected chi connectivity index (χ3v) is 6.50. The average Bonchev–Trinajstić information content (AvgIpc) is 3.25. The molecule has 4 aromatic rings. The number of fused-ring (bicyclic) bond motifs is 1. The van der Waals surface area contributed by atoms with Gasteiger partial charge in [0.05, 0.1) is 32.8 Å². The van der Waals surface area contributed by atoms with Crippen LogP contribution in [0.1, 0.15) is 12.5 Å². The summed E-state index contributed by atoms with van der Waals surface area (Å²) in [6.07, 6.45) is 3.04. The molecule has 35 heavy (non-hydrogen) atoms. The fraction of sp³-hybridized carbons (Fsp3) is 0.179. The second-order valence-electron chi connectivity index (χ2n) is 7.44. The third-order valence-electron chi connectivity index (χ3n) is 5.31. The van der Waals surface area contributed by atoms with Crippen LogP contribution in [0.2, 0.25) is 0 Å². The van der Waals surface area contributed by atoms with Gasteiger partial charge in [0.15, 0.2) is 5.75 Å². The second-order valence-corrected chi connectivity index (χ2v) is 8.49. The Kier molecular flexibility index (Phi) is 7.57. The lowest BCUT2D eigenvalue weighted by Gasteiger charge is -2.11. The maximum absolute atomic E-state index is 11.7. The Balaban J connectivity index is 1.74. The molecule has 0 fully saturated rings. The molecule has 1 aromatic heterocycles. The molecule has 0 aliphatic carbocycles. The van der Waals surface area contributed by atoms with Crippen molar-refractivity contribution in [1.29, 1.82) is 0 Å². The van der Waals surface area contributed by atoms with E-state index in [9.17, 15) is 4.79 Å². The van der Waals surface area contributed by atoms with Gasteiger partial charge in [-0.25, -0.2) is 4.79 Å². The largest absolute Gasteiger partial charge is 0.497 e. The van der Waals surface area contributed by atoms with Crippen molar-refractivity contribution < 1.29 is 28.5 Å². The Hall–Kier alpha value is -3.97. The monoisotopic (exact) mass is 490 g/mol. The molecule has 0 atom stereocenters. The van der Waals surface area contributed by atoms with Gasteiger partial charge in [0, 0.05) is 27.8 Å². The Morgan fingerprint density at radius 1 is 0.857 bits per heavy atom. The molecule has 0 spiro atoms. The van der Waals surface area contributed by atoms with Crippen LogP contribution in [0, 0.1) is 0 Å². The molecular formula is C28H26O6S. The van der Waals surface area contributed by atoms with Crippen LogP contribution in [0.5, 0.6) is 28.7 Å². The van der Waals surface area contributed by atoms with Crippen LogP contribution < -0.4 is 18.9 Å². The molecule has 4 rings (SSSR count). The van der Waals surface area contributed by atoms with E-state index < -0.39 is 5.97 Å². The summed E-state index contributed by atoms with van der Waals surface area (Å²) in [5.41, 5.74) is 1.75. The molecule has 180 valence electrons. The van der Waals surface area contributed by atoms with Crippen molar-refractivity contribution in [3.05, 3.63) is 72.3 Å². The van der Waals surface area contributed by atoms with E-state index in [-0.39, 0.29) is 0 Å². The summed E-state index contributed by atoms with van der Waals surface area (Å²) in [5.74, 6) is 3.10. The third kappa shape index (κ3) is 5.41. The molecule has 0 radical (unpaired) electrons. The van der Waals surface area contributed by atoms with Gasteiger partial charge in [-0.3, -0.25) is 0 Å². The van der Waals surface area contributed by atoms with E-state index in [0.29, 0.717) is 18.1 Å². The molecule has 0 unspecified atom stereocenters. The minimum Gasteiger partial charge on any atom is -0.497 e. The van der Waals surface area contributed by atoms with E-state index in [4.69, 9.17) is 23.7 Å². The first-order valence-corrected chi connectivity index (χ1v) is 11.8. The van der Waals surface area contributed by atoms with Gasteiger partial charge in [-0.2, -0.15) is 0 Å². The lowest BCUT2D eigenvalue weighted by Crippen LogP contribution is -1.98. The molecular weight excluding hydrogens is 464 g/mol. The van der Waals surface area contributed by atoms with Crippen molar-refractivity contribution in [3.63, 3.8) is 0 Å². The highest BCUT2D eigenvalue weighted by molar-refractivity contribution is 7.22. The van der Waals surface area contributed by atoms with Crippen molar-refractivity contribution in [2.24, 2.45) is 0 Å². The van der Waals surface area contributed by atoms with Crippen molar-refractivity contribution in [2.45, 2.75) is 6.92 Å². The number of hydrogen-bond donors (Lipinski definition) is 0. The molecule has 6 nitrogen and oxygen atoms in total. The van der Waals surface area contributed by atoms with E-state index in [0.717, 1.165) is 43.3 Å². The van der Waals surface area contributed by atoms with Crippen LogP contribution in [0.15, 0.2) is 66.7 Å². The van der Waals surface area contributed by atoms with Gasteiger partial charge in [0.1, 0.15) is 23.0 Å². The van der Waals surface area contributed by atoms with Gasteiger partial charge < -0.3 is 23.7 Å². The van der Waals surface area contributed by atoms with E-state index in [2.05, 4.69) is 0 Å². The Morgan fingerprint density at radius 3 is 2.26 bits per heavy atom. The average molecular weight is 491 g/mol. The zero-order valence-electron chi connectivity index (χ0n) is 20.0. The molecule has 0 saturated heterocycles. The number of ether oxygens (including phenoxy) is 5. The highest BCUT2D eigenvalue weighted by Gasteiger charge is 2.18. The molecule has 1 heterocycles. The number of benzene rings is 3. The number of esters is 1. The van der Waals surface area contributed by atoms with E-state index >= 15 is 0 Å². The Morgan fingerprint density at radius 2 is 1.57 bits per heavy atom. The molecule has 3 aromatic carbocycles. The van der Waals surface area contributed by atoms with Crippen LogP contribution in [-0.2, 0) is 9.53 Å². The van der Waals surface area contributed by atoms with Crippen LogP contribution in [0.25, 0.3) is 26.6 Å². The van der Waals surface area contributed by atoms with Crippen molar-refractivity contribution in [3.8, 4) is 39.2 Å². The van der Waals surface area contributed by atoms with Crippen LogP contribution in [0.4, 0.5) is 0 Å². The highest BCUT2D eigenvalue weighted by Crippen LogP contribution is 2.47. The van der Waals surface area contributed by atoms with E-state index in [1.165, 1.54) is 6.08 Å². The summed E-state index contributed by atoms with van der Waals surface area (Å²) >= 11 is 1.63. The second kappa shape index (κ2) is 11.0. The maximum Gasteiger partial charge on any atom is 0.330 e. The standard InChI is InChI=1S/C28H26O6S/c1-5-33-26(29)15-9-18-6-12-22(16-24(18)32-4)34-27-23-14-13-21(31-3)17-25(23)35-28(27)19-7-10-20(30-2)11-8-19/h6-17H,5H2,1-4H3/b15-9+. The lowest BCUT2D eigenvalue weighted by molar-refractivity contribution is -0.137. The first-order chi connectivity index (χ1) is 17.1. The van der Waals surface area contributed by atoms with Crippen LogP contribution >= 0.6 is 11.3 Å². The van der Waals surface area contributed by atoms with Crippen LogP contribution in [0.3, 0.4) is 0 Å². The van der Waals surface area contributed by atoms with Crippen LogP contribution in [-0.4, -0.2) is 33.9 Å². The fourth-order valence-corrected chi connectivity index (χ4v) is 4.74. The van der Waals surface area contributed by atoms with Gasteiger partial charge in [-0.15, -0.1) is 11.3 Å². The minimum absolute atomic E-state index is 0.323. The van der Waals surface area contributed by atoms with Gasteiger partial charge in [-0.1, -0.05) is 0 Å². The van der Waals surface area contributed by atoms with Gasteiger partial charge in [0.2, 0.25) is 0 Å². The number of hydrogen-bond acceptors (Lipinski definition) is 7. The topological polar surface area (TPSA) is 63.2 Å². The number of carbonyl (C=O) groups excluding carboxylic acids is 1. The summed E-state index contributed by atoms with van der Waals surface area (Å²) in [6, 6.07) is 19.3. The van der Waals surface area contributed by atoms with E-state index in [1.807, 2.05) is 54.6 Å². The smallest absolute Gasteiger partial charge is 0.330 e. The fourth-order valence-electron chi connectivity index (χ4n) is 3.57. The Bertz CT molecular complexity index is 1350. The molecule has 0 aliphatic heterocycles. The van der Waals surface area contributed by atoms with Gasteiger partial charge >= 0.3 is 5.97 Å². The first-order valence-electron chi connectivity index (χ1n) is 11.0. The van der Waals surface area contributed by atoms with Crippen molar-refractivity contribution in [1.82, 2.24) is 0 Å². The summed E-state index contributed by atoms with van der Waals surface area (Å²) in [6.45, 7) is 2.09. The summed E-state index contributed by atoms with van der Waals surface area (Å²) in [4.78, 5) is 12.7. The molecule has 0 aliphatic rings. The predicted octanol–water partition coefficient (Wildman–Crippen LogP) is 6.96. The molecule has 0 N–H and O–H groups in total. The lowest BCUT2D eigenvalue weighted by atomic mass is 10.1. The van der Waals surface area contributed by atoms with Gasteiger partial charge in [-0.05, 0) is 73.2 Å². The summed E-state index contributed by atoms with van der Waals surface area (Å²) in [7, 11) is 4.88. The van der Waals surface area contributed by atoms with Crippen molar-refractivity contribution in [2.75, 3.05) is 27.9 Å². The Labute approximate surface area is 208 Å². The quantitative estimate of drug-likeness (QED) is 0.187. The number of methoxy groups -OCH3 is 3. The van der Waals surface area contributed by atoms with E-state index in [1.54, 1.807) is 51.7 Å². The molecule has 7 heteroatoms. The number of carbonyl (C=O) groups is 1. The number of thiophene rings is 1.